The summed E-state index contributed by atoms with van der Waals surface area (Å²) in [6.07, 6.45) is -1.91. The highest BCUT2D eigenvalue weighted by Crippen LogP contribution is 2.33. The molecule has 6 nitrogen and oxygen atoms in total. The second-order valence-electron chi connectivity index (χ2n) is 6.06. The highest BCUT2D eigenvalue weighted by atomic mass is 32.1. The molecule has 1 atom stereocenters. The van der Waals surface area contributed by atoms with Crippen molar-refractivity contribution in [3.8, 4) is 0 Å². The number of halogens is 3. The third kappa shape index (κ3) is 4.66. The number of aliphatic hydroxyl groups is 1. The molecular formula is C19H15F3N2O4S. The molecule has 3 aromatic rings. The van der Waals surface area contributed by atoms with Crippen LogP contribution in [-0.4, -0.2) is 23.5 Å². The lowest BCUT2D eigenvalue weighted by Crippen LogP contribution is -2.44. The Balaban J connectivity index is 1.69. The number of alkyl halides is 3. The average molecular weight is 424 g/mol. The summed E-state index contributed by atoms with van der Waals surface area (Å²) in [6.45, 7) is -0.345. The van der Waals surface area contributed by atoms with Gasteiger partial charge < -0.3 is 20.2 Å². The molecule has 3 rings (SSSR count). The maximum Gasteiger partial charge on any atom is 0.416 e. The van der Waals surface area contributed by atoms with Gasteiger partial charge in [0, 0.05) is 16.1 Å². The van der Waals surface area contributed by atoms with E-state index in [4.69, 9.17) is 4.42 Å². The summed E-state index contributed by atoms with van der Waals surface area (Å²) in [5.41, 5.74) is -2.39. The van der Waals surface area contributed by atoms with Crippen LogP contribution < -0.4 is 10.6 Å². The van der Waals surface area contributed by atoms with Crippen molar-refractivity contribution in [2.75, 3.05) is 11.9 Å². The van der Waals surface area contributed by atoms with Crippen LogP contribution in [-0.2, 0) is 21.4 Å². The Bertz CT molecular complexity index is 951. The molecule has 2 amide bonds. The highest BCUT2D eigenvalue weighted by Gasteiger charge is 2.35. The molecule has 10 heteroatoms. The van der Waals surface area contributed by atoms with Gasteiger partial charge >= 0.3 is 18.0 Å². The van der Waals surface area contributed by atoms with Crippen molar-refractivity contribution in [1.82, 2.24) is 5.32 Å². The molecule has 0 aliphatic carbocycles. The van der Waals surface area contributed by atoms with Gasteiger partial charge in [-0.05, 0) is 35.7 Å². The van der Waals surface area contributed by atoms with Crippen molar-refractivity contribution in [3.05, 3.63) is 76.4 Å². The predicted molar refractivity (Wildman–Crippen MR) is 99.1 cm³/mol. The van der Waals surface area contributed by atoms with Crippen molar-refractivity contribution in [3.63, 3.8) is 0 Å². The largest absolute Gasteiger partial charge is 0.472 e. The second kappa shape index (κ2) is 8.10. The van der Waals surface area contributed by atoms with Gasteiger partial charge in [-0.3, -0.25) is 9.59 Å². The quantitative estimate of drug-likeness (QED) is 0.548. The van der Waals surface area contributed by atoms with E-state index in [-0.39, 0.29) is 12.2 Å². The highest BCUT2D eigenvalue weighted by molar-refractivity contribution is 7.10. The molecule has 0 saturated heterocycles. The number of nitrogens with one attached hydrogen (secondary N) is 2. The molecule has 2 aromatic heterocycles. The van der Waals surface area contributed by atoms with E-state index < -0.39 is 29.2 Å². The van der Waals surface area contributed by atoms with E-state index in [0.29, 0.717) is 10.4 Å². The van der Waals surface area contributed by atoms with Gasteiger partial charge in [0.05, 0.1) is 24.6 Å². The van der Waals surface area contributed by atoms with Crippen LogP contribution in [0.15, 0.2) is 64.8 Å². The number of carbonyl (C=O) groups excluding carboxylic acids is 2. The van der Waals surface area contributed by atoms with Gasteiger partial charge in [0.1, 0.15) is 5.60 Å². The average Bonchev–Trinajstić information content (AvgIpc) is 3.39. The van der Waals surface area contributed by atoms with Gasteiger partial charge in [0.15, 0.2) is 0 Å². The first-order chi connectivity index (χ1) is 13.7. The zero-order valence-electron chi connectivity index (χ0n) is 14.7. The van der Waals surface area contributed by atoms with E-state index in [9.17, 15) is 27.9 Å². The molecule has 0 aliphatic rings. The number of hydrogen-bond donors (Lipinski definition) is 3. The minimum atomic E-state index is -4.58. The van der Waals surface area contributed by atoms with Crippen molar-refractivity contribution in [2.45, 2.75) is 11.8 Å². The minimum Gasteiger partial charge on any atom is -0.472 e. The van der Waals surface area contributed by atoms with Crippen molar-refractivity contribution in [1.29, 1.82) is 0 Å². The second-order valence-corrected chi connectivity index (χ2v) is 7.01. The van der Waals surface area contributed by atoms with Gasteiger partial charge in [0.2, 0.25) is 0 Å². The summed E-state index contributed by atoms with van der Waals surface area (Å²) in [6, 6.07) is 8.81. The first-order valence-electron chi connectivity index (χ1n) is 8.25. The zero-order valence-corrected chi connectivity index (χ0v) is 15.5. The topological polar surface area (TPSA) is 91.6 Å². The monoisotopic (exact) mass is 424 g/mol. The molecule has 1 aromatic carbocycles. The van der Waals surface area contributed by atoms with Crippen LogP contribution in [0, 0.1) is 0 Å². The van der Waals surface area contributed by atoms with Crippen LogP contribution in [0.5, 0.6) is 0 Å². The Morgan fingerprint density at radius 3 is 2.48 bits per heavy atom. The fraction of sp³-hybridized carbons (Fsp3) is 0.158. The molecule has 0 bridgehead atoms. The van der Waals surface area contributed by atoms with Crippen molar-refractivity contribution < 1.29 is 32.3 Å². The lowest BCUT2D eigenvalue weighted by atomic mass is 9.94. The fourth-order valence-electron chi connectivity index (χ4n) is 2.59. The van der Waals surface area contributed by atoms with Crippen molar-refractivity contribution in [2.24, 2.45) is 0 Å². The third-order valence-electron chi connectivity index (χ3n) is 4.09. The maximum absolute atomic E-state index is 12.8. The SMILES string of the molecule is O=C(NC[C@](O)(c1ccoc1)c1cccs1)C(=O)Nc1cccc(C(F)(F)F)c1. The standard InChI is InChI=1S/C19H15F3N2O4S/c20-19(21,22)12-3-1-4-14(9-12)24-17(26)16(25)23-11-18(27,13-6-7-28-10-13)15-5-2-8-29-15/h1-10,27H,11H2,(H,23,25)(H,24,26)/t18-/m0/s1. The molecule has 3 N–H and O–H groups in total. The van der Waals surface area contributed by atoms with Crippen LogP contribution in [0.2, 0.25) is 0 Å². The van der Waals surface area contributed by atoms with Crippen molar-refractivity contribution >= 4 is 28.8 Å². The molecule has 0 aliphatic heterocycles. The first-order valence-corrected chi connectivity index (χ1v) is 9.13. The van der Waals surface area contributed by atoms with Gasteiger partial charge in [-0.1, -0.05) is 12.1 Å². The maximum atomic E-state index is 12.8. The molecule has 152 valence electrons. The Kier molecular flexibility index (Phi) is 5.76. The molecule has 0 fully saturated rings. The fourth-order valence-corrected chi connectivity index (χ4v) is 3.44. The molecule has 0 saturated carbocycles. The molecule has 0 spiro atoms. The number of rotatable bonds is 5. The van der Waals surface area contributed by atoms with E-state index in [1.54, 1.807) is 17.5 Å². The number of amides is 2. The van der Waals surface area contributed by atoms with Crippen LogP contribution in [0.3, 0.4) is 0 Å². The van der Waals surface area contributed by atoms with Gasteiger partial charge in [-0.15, -0.1) is 11.3 Å². The summed E-state index contributed by atoms with van der Waals surface area (Å²) in [5.74, 6) is -2.27. The lowest BCUT2D eigenvalue weighted by Gasteiger charge is -2.26. The minimum absolute atomic E-state index is 0.177. The Labute approximate surface area is 167 Å². The predicted octanol–water partition coefficient (Wildman–Crippen LogP) is 3.35. The van der Waals surface area contributed by atoms with Gasteiger partial charge in [-0.2, -0.15) is 13.2 Å². The van der Waals surface area contributed by atoms with Crippen LogP contribution >= 0.6 is 11.3 Å². The normalized spacial score (nSPS) is 13.5. The van der Waals surface area contributed by atoms with E-state index in [0.717, 1.165) is 18.2 Å². The smallest absolute Gasteiger partial charge is 0.416 e. The summed E-state index contributed by atoms with van der Waals surface area (Å²) in [5, 5.41) is 17.2. The molecule has 2 heterocycles. The molecule has 0 unspecified atom stereocenters. The number of anilines is 1. The third-order valence-corrected chi connectivity index (χ3v) is 5.11. The Morgan fingerprint density at radius 2 is 1.86 bits per heavy atom. The number of hydrogen-bond acceptors (Lipinski definition) is 5. The van der Waals surface area contributed by atoms with Crippen LogP contribution in [0.25, 0.3) is 0 Å². The van der Waals surface area contributed by atoms with E-state index in [1.807, 2.05) is 0 Å². The summed E-state index contributed by atoms with van der Waals surface area (Å²) in [4.78, 5) is 24.7. The Morgan fingerprint density at radius 1 is 1.07 bits per heavy atom. The number of carbonyl (C=O) groups is 2. The summed E-state index contributed by atoms with van der Waals surface area (Å²) < 4.78 is 43.3. The number of furan rings is 1. The molecule has 0 radical (unpaired) electrons. The lowest BCUT2D eigenvalue weighted by molar-refractivity contribution is -0.137. The Hall–Kier alpha value is -3.11. The van der Waals surface area contributed by atoms with Crippen LogP contribution in [0.4, 0.5) is 18.9 Å². The molecular weight excluding hydrogens is 409 g/mol. The number of thiophene rings is 1. The summed E-state index contributed by atoms with van der Waals surface area (Å²) in [7, 11) is 0. The zero-order chi connectivity index (χ0) is 21.1. The number of benzene rings is 1. The molecule has 29 heavy (non-hydrogen) atoms. The van der Waals surface area contributed by atoms with Gasteiger partial charge in [-0.25, -0.2) is 0 Å². The van der Waals surface area contributed by atoms with E-state index in [2.05, 4.69) is 10.6 Å². The van der Waals surface area contributed by atoms with Gasteiger partial charge in [0.25, 0.3) is 0 Å². The van der Waals surface area contributed by atoms with Crippen LogP contribution in [0.1, 0.15) is 16.0 Å². The first kappa shape index (κ1) is 20.6. The van der Waals surface area contributed by atoms with E-state index >= 15 is 0 Å². The van der Waals surface area contributed by atoms with E-state index in [1.165, 1.54) is 36.0 Å². The summed E-state index contributed by atoms with van der Waals surface area (Å²) >= 11 is 1.24.